The Kier molecular flexibility index (Phi) is 3.44. The molecule has 1 aliphatic heterocycles. The molecule has 0 saturated heterocycles. The molecule has 0 spiro atoms. The third-order valence-corrected chi connectivity index (χ3v) is 3.82. The highest BCUT2D eigenvalue weighted by molar-refractivity contribution is 7.10. The lowest BCUT2D eigenvalue weighted by atomic mass is 10.2. The summed E-state index contributed by atoms with van der Waals surface area (Å²) >= 11 is 1.63. The molecular weight excluding hydrogens is 238 g/mol. The topological polar surface area (TPSA) is 89.4 Å². The van der Waals surface area contributed by atoms with Gasteiger partial charge in [-0.15, -0.1) is 11.3 Å². The molecule has 4 N–H and O–H groups in total. The molecule has 2 heterocycles. The van der Waals surface area contributed by atoms with Crippen molar-refractivity contribution < 1.29 is 9.59 Å². The van der Waals surface area contributed by atoms with Crippen molar-refractivity contribution >= 4 is 28.8 Å². The predicted octanol–water partition coefficient (Wildman–Crippen LogP) is 0.230. The number of carbonyl (C=O) groups is 2. The number of fused-ring (bicyclic) bond motifs is 1. The van der Waals surface area contributed by atoms with Crippen molar-refractivity contribution in [2.24, 2.45) is 11.5 Å². The van der Waals surface area contributed by atoms with Gasteiger partial charge in [0.1, 0.15) is 6.04 Å². The molecule has 92 valence electrons. The molecule has 1 aromatic heterocycles. The van der Waals surface area contributed by atoms with E-state index < -0.39 is 11.9 Å². The number of anilines is 1. The van der Waals surface area contributed by atoms with Crippen molar-refractivity contribution in [2.75, 3.05) is 11.4 Å². The average molecular weight is 253 g/mol. The summed E-state index contributed by atoms with van der Waals surface area (Å²) in [5.41, 5.74) is 11.6. The molecule has 5 nitrogen and oxygen atoms in total. The van der Waals surface area contributed by atoms with Crippen LogP contribution in [0.3, 0.4) is 0 Å². The van der Waals surface area contributed by atoms with Crippen LogP contribution in [0, 0.1) is 0 Å². The Balaban J connectivity index is 2.24. The highest BCUT2D eigenvalue weighted by Gasteiger charge is 2.26. The van der Waals surface area contributed by atoms with Crippen molar-refractivity contribution in [3.63, 3.8) is 0 Å². The van der Waals surface area contributed by atoms with Crippen LogP contribution in [0.4, 0.5) is 5.69 Å². The maximum Gasteiger partial charge on any atom is 0.236 e. The number of amides is 2. The maximum absolute atomic E-state index is 12.0. The lowest BCUT2D eigenvalue weighted by molar-refractivity contribution is -0.119. The summed E-state index contributed by atoms with van der Waals surface area (Å²) in [7, 11) is 0. The minimum absolute atomic E-state index is 0.0128. The lowest BCUT2D eigenvalue weighted by Gasteiger charge is -2.23. The van der Waals surface area contributed by atoms with E-state index in [1.807, 2.05) is 11.4 Å². The van der Waals surface area contributed by atoms with Crippen LogP contribution in [0.25, 0.3) is 0 Å². The van der Waals surface area contributed by atoms with E-state index in [9.17, 15) is 9.59 Å². The van der Waals surface area contributed by atoms with Gasteiger partial charge in [0.25, 0.3) is 0 Å². The molecule has 0 aromatic carbocycles. The number of nitrogens with two attached hydrogens (primary N) is 2. The van der Waals surface area contributed by atoms with E-state index in [0.717, 1.165) is 18.5 Å². The van der Waals surface area contributed by atoms with Crippen LogP contribution in [-0.2, 0) is 16.0 Å². The van der Waals surface area contributed by atoms with Crippen LogP contribution in [0.15, 0.2) is 11.4 Å². The van der Waals surface area contributed by atoms with E-state index in [0.29, 0.717) is 6.42 Å². The van der Waals surface area contributed by atoms with E-state index >= 15 is 0 Å². The van der Waals surface area contributed by atoms with Crippen LogP contribution in [0.2, 0.25) is 0 Å². The molecular formula is C11H15N3O2S. The van der Waals surface area contributed by atoms with Gasteiger partial charge in [-0.1, -0.05) is 0 Å². The first-order chi connectivity index (χ1) is 8.09. The first kappa shape index (κ1) is 12.1. The fourth-order valence-electron chi connectivity index (χ4n) is 1.92. The van der Waals surface area contributed by atoms with E-state index in [1.54, 1.807) is 16.2 Å². The Morgan fingerprint density at radius 1 is 1.53 bits per heavy atom. The van der Waals surface area contributed by atoms with Crippen LogP contribution in [0.1, 0.15) is 17.7 Å². The Hall–Kier alpha value is -1.40. The molecule has 1 unspecified atom stereocenters. The molecule has 1 atom stereocenters. The Morgan fingerprint density at radius 2 is 2.29 bits per heavy atom. The van der Waals surface area contributed by atoms with Crippen molar-refractivity contribution in [1.29, 1.82) is 0 Å². The lowest BCUT2D eigenvalue weighted by Crippen LogP contribution is -2.47. The molecule has 2 rings (SSSR count). The van der Waals surface area contributed by atoms with Gasteiger partial charge in [-0.05, 0) is 24.3 Å². The minimum Gasteiger partial charge on any atom is -0.368 e. The zero-order valence-electron chi connectivity index (χ0n) is 9.39. The second kappa shape index (κ2) is 4.85. The largest absolute Gasteiger partial charge is 0.368 e. The minimum atomic E-state index is -0.815. The molecule has 1 aliphatic rings. The maximum atomic E-state index is 12.0. The van der Waals surface area contributed by atoms with Crippen molar-refractivity contribution in [3.05, 3.63) is 16.3 Å². The number of hydrogen-bond acceptors (Lipinski definition) is 4. The first-order valence-electron chi connectivity index (χ1n) is 5.51. The summed E-state index contributed by atoms with van der Waals surface area (Å²) in [6.45, 7) is 0.165. The van der Waals surface area contributed by atoms with E-state index in [-0.39, 0.29) is 12.5 Å². The summed E-state index contributed by atoms with van der Waals surface area (Å²) in [5.74, 6) is -0.572. The van der Waals surface area contributed by atoms with Crippen LogP contribution in [0.5, 0.6) is 0 Å². The average Bonchev–Trinajstić information content (AvgIpc) is 2.68. The predicted molar refractivity (Wildman–Crippen MR) is 66.8 cm³/mol. The van der Waals surface area contributed by atoms with Gasteiger partial charge >= 0.3 is 0 Å². The zero-order valence-corrected chi connectivity index (χ0v) is 10.2. The molecule has 0 fully saturated rings. The van der Waals surface area contributed by atoms with Gasteiger partial charge in [0.05, 0.1) is 12.2 Å². The summed E-state index contributed by atoms with van der Waals surface area (Å²) < 4.78 is 0. The summed E-state index contributed by atoms with van der Waals surface area (Å²) in [6, 6.07) is 1.08. The van der Waals surface area contributed by atoms with Crippen LogP contribution in [-0.4, -0.2) is 24.4 Å². The van der Waals surface area contributed by atoms with Gasteiger partial charge in [-0.25, -0.2) is 0 Å². The van der Waals surface area contributed by atoms with Gasteiger partial charge in [0.2, 0.25) is 11.8 Å². The number of aryl methyl sites for hydroxylation is 1. The second-order valence-electron chi connectivity index (χ2n) is 4.10. The monoisotopic (exact) mass is 253 g/mol. The number of nitrogens with zero attached hydrogens (tertiary/aromatic N) is 1. The highest BCUT2D eigenvalue weighted by Crippen LogP contribution is 2.31. The quantitative estimate of drug-likeness (QED) is 0.808. The van der Waals surface area contributed by atoms with Crippen molar-refractivity contribution in [3.8, 4) is 0 Å². The number of hydrogen-bond donors (Lipinski definition) is 2. The van der Waals surface area contributed by atoms with Crippen molar-refractivity contribution in [2.45, 2.75) is 25.3 Å². The molecule has 0 aliphatic carbocycles. The van der Waals surface area contributed by atoms with E-state index in [2.05, 4.69) is 0 Å². The highest BCUT2D eigenvalue weighted by atomic mass is 32.1. The van der Waals surface area contributed by atoms with Gasteiger partial charge in [-0.3, -0.25) is 9.59 Å². The van der Waals surface area contributed by atoms with Gasteiger partial charge in [-0.2, -0.15) is 0 Å². The SMILES string of the molecule is NC(=O)C(N)CN1C(=O)CCCc2sccc21. The first-order valence-corrected chi connectivity index (χ1v) is 6.39. The van der Waals surface area contributed by atoms with Crippen LogP contribution < -0.4 is 16.4 Å². The number of thiophene rings is 1. The van der Waals surface area contributed by atoms with Crippen LogP contribution >= 0.6 is 11.3 Å². The summed E-state index contributed by atoms with van der Waals surface area (Å²) in [5, 5.41) is 1.95. The Morgan fingerprint density at radius 3 is 3.00 bits per heavy atom. The summed E-state index contributed by atoms with van der Waals surface area (Å²) in [6.07, 6.45) is 2.24. The number of carbonyl (C=O) groups excluding carboxylic acids is 2. The molecule has 6 heteroatoms. The standard InChI is InChI=1S/C11H15N3O2S/c12-7(11(13)16)6-14-8-4-5-17-9(8)2-1-3-10(14)15/h4-5,7H,1-3,6,12H2,(H2,13,16). The second-order valence-corrected chi connectivity index (χ2v) is 5.10. The Bertz CT molecular complexity index is 444. The third-order valence-electron chi connectivity index (χ3n) is 2.85. The van der Waals surface area contributed by atoms with Crippen molar-refractivity contribution in [1.82, 2.24) is 0 Å². The van der Waals surface area contributed by atoms with Gasteiger partial charge < -0.3 is 16.4 Å². The number of primary amides is 1. The fraction of sp³-hybridized carbons (Fsp3) is 0.455. The molecule has 1 aromatic rings. The normalized spacial score (nSPS) is 17.5. The molecule has 2 amide bonds. The van der Waals surface area contributed by atoms with Gasteiger partial charge in [0, 0.05) is 11.3 Å². The van der Waals surface area contributed by atoms with E-state index in [1.165, 1.54) is 4.88 Å². The Labute approximate surface area is 103 Å². The molecule has 0 saturated carbocycles. The summed E-state index contributed by atoms with van der Waals surface area (Å²) in [4.78, 5) is 25.7. The number of rotatable bonds is 3. The molecule has 0 radical (unpaired) electrons. The molecule has 0 bridgehead atoms. The zero-order chi connectivity index (χ0) is 12.4. The van der Waals surface area contributed by atoms with E-state index in [4.69, 9.17) is 11.5 Å². The smallest absolute Gasteiger partial charge is 0.236 e. The van der Waals surface area contributed by atoms with Gasteiger partial charge in [0.15, 0.2) is 0 Å². The molecule has 17 heavy (non-hydrogen) atoms. The fourth-order valence-corrected chi connectivity index (χ4v) is 2.84. The third kappa shape index (κ3) is 2.48.